The zero-order chi connectivity index (χ0) is 49.6. The molecule has 0 spiro atoms. The third kappa shape index (κ3) is 9.78. The molecule has 0 radical (unpaired) electrons. The number of hydrogen-bond acceptors (Lipinski definition) is 17. The van der Waals surface area contributed by atoms with Crippen LogP contribution in [0.4, 0.5) is 5.69 Å². The molecule has 3 aromatic carbocycles. The summed E-state index contributed by atoms with van der Waals surface area (Å²) in [5, 5.41) is 35.0. The minimum atomic E-state index is -4.02. The van der Waals surface area contributed by atoms with Crippen molar-refractivity contribution in [1.29, 1.82) is 0 Å². The second-order valence-electron chi connectivity index (χ2n) is 18.1. The van der Waals surface area contributed by atoms with Crippen LogP contribution in [0.2, 0.25) is 0 Å². The van der Waals surface area contributed by atoms with Crippen LogP contribution in [-0.4, -0.2) is 128 Å². The number of aliphatic hydroxyl groups is 2. The highest BCUT2D eigenvalue weighted by Crippen LogP contribution is 2.48. The van der Waals surface area contributed by atoms with Crippen molar-refractivity contribution in [2.45, 2.75) is 96.4 Å². The number of hydrogen-bond donors (Lipinski definition) is 4. The number of carbonyl (C=O) groups is 3. The number of methoxy groups -OCH3 is 1. The Morgan fingerprint density at radius 1 is 1.07 bits per heavy atom. The van der Waals surface area contributed by atoms with Crippen molar-refractivity contribution >= 4 is 66.2 Å². The van der Waals surface area contributed by atoms with Gasteiger partial charge in [0.2, 0.25) is 5.78 Å². The summed E-state index contributed by atoms with van der Waals surface area (Å²) in [5.74, 6) is -3.75. The molecule has 0 unspecified atom stereocenters. The number of ketones is 1. The molecule has 0 saturated carbocycles. The van der Waals surface area contributed by atoms with E-state index in [0.29, 0.717) is 6.54 Å². The number of likely N-dealkylation sites (N-methyl/N-ethyl adjacent to an activating group) is 1. The third-order valence-corrected chi connectivity index (χ3v) is 13.5. The molecule has 18 nitrogen and oxygen atoms in total. The van der Waals surface area contributed by atoms with E-state index in [2.05, 4.69) is 5.32 Å². The normalized spacial score (nSPS) is 21.6. The lowest BCUT2D eigenvalue weighted by atomic mass is 9.86. The number of nitrogens with zero attached hydrogens (tertiary/aromatic N) is 2. The molecule has 3 heterocycles. The maximum absolute atomic E-state index is 14.2. The number of fused-ring (bicyclic) bond motifs is 6. The van der Waals surface area contributed by atoms with Gasteiger partial charge in [-0.15, -0.1) is 0 Å². The number of aromatic nitrogens is 1. The summed E-state index contributed by atoms with van der Waals surface area (Å²) in [7, 11) is 1.11. The van der Waals surface area contributed by atoms with Gasteiger partial charge in [0.1, 0.15) is 47.0 Å². The predicted molar refractivity (Wildman–Crippen MR) is 250 cm³/mol. The first-order chi connectivity index (χ1) is 31.3. The fourth-order valence-corrected chi connectivity index (χ4v) is 9.47. The molecule has 1 amide bonds. The van der Waals surface area contributed by atoms with Crippen LogP contribution in [0.5, 0.6) is 17.2 Å². The molecular weight excluding hydrogens is 891 g/mol. The van der Waals surface area contributed by atoms with Gasteiger partial charge in [-0.25, -0.2) is 13.4 Å². The molecule has 6 rings (SSSR count). The van der Waals surface area contributed by atoms with E-state index in [0.717, 1.165) is 12.5 Å². The van der Waals surface area contributed by atoms with Crippen LogP contribution in [0.15, 0.2) is 62.4 Å². The molecule has 0 bridgehead atoms. The summed E-state index contributed by atoms with van der Waals surface area (Å²) in [5.41, 5.74) is -3.16. The maximum atomic E-state index is 14.2. The summed E-state index contributed by atoms with van der Waals surface area (Å²) in [6.45, 7) is 13.4. The van der Waals surface area contributed by atoms with E-state index < -0.39 is 86.6 Å². The van der Waals surface area contributed by atoms with Crippen molar-refractivity contribution in [2.24, 2.45) is 17.8 Å². The molecule has 1 saturated heterocycles. The van der Waals surface area contributed by atoms with Crippen LogP contribution in [-0.2, 0) is 33.6 Å². The first kappa shape index (κ1) is 50.6. The Labute approximate surface area is 388 Å². The van der Waals surface area contributed by atoms with Gasteiger partial charge in [-0.2, -0.15) is 0 Å². The third-order valence-electron chi connectivity index (χ3n) is 12.4. The molecule has 1 aromatic heterocycles. The largest absolute Gasteiger partial charge is 0.516 e. The second-order valence-corrected chi connectivity index (χ2v) is 20.1. The summed E-state index contributed by atoms with van der Waals surface area (Å²) >= 11 is 0. The van der Waals surface area contributed by atoms with E-state index >= 15 is 0 Å². The molecule has 0 aliphatic carbocycles. The number of ether oxygens (including phenoxy) is 5. The number of anilines is 1. The van der Waals surface area contributed by atoms with E-state index in [1.165, 1.54) is 66.0 Å². The van der Waals surface area contributed by atoms with Crippen LogP contribution in [0.25, 0.3) is 33.0 Å². The fourth-order valence-electron chi connectivity index (χ4n) is 8.64. The number of aromatic hydroxyl groups is 1. The Hall–Kier alpha value is -5.86. The molecule has 2 aliphatic heterocycles. The molecule has 362 valence electrons. The number of sulfone groups is 1. The molecule has 4 aromatic rings. The summed E-state index contributed by atoms with van der Waals surface area (Å²) in [6, 6.07) is 2.72. The van der Waals surface area contributed by atoms with Gasteiger partial charge in [-0.3, -0.25) is 19.2 Å². The Balaban J connectivity index is 1.41. The van der Waals surface area contributed by atoms with E-state index in [4.69, 9.17) is 33.1 Å². The number of Topliss-reactive ketones (excluding diaryl/α,β-unsaturated/α-hetero) is 1. The fraction of sp³-hybridized carbons (Fsp3) is 0.479. The molecule has 19 heteroatoms. The first-order valence-electron chi connectivity index (χ1n) is 21.7. The van der Waals surface area contributed by atoms with Gasteiger partial charge >= 0.3 is 5.97 Å². The van der Waals surface area contributed by atoms with Gasteiger partial charge in [-0.1, -0.05) is 39.0 Å². The zero-order valence-corrected chi connectivity index (χ0v) is 40.4. The highest BCUT2D eigenvalue weighted by Gasteiger charge is 2.50. The lowest BCUT2D eigenvalue weighted by molar-refractivity contribution is -0.168. The number of nitrogens with one attached hydrogen (secondary N) is 1. The molecular formula is C48H59N3O15S. The predicted octanol–water partition coefficient (Wildman–Crippen LogP) is 5.70. The molecule has 2 aliphatic rings. The van der Waals surface area contributed by atoms with Crippen LogP contribution >= 0.6 is 0 Å². The van der Waals surface area contributed by atoms with E-state index in [1.807, 2.05) is 32.8 Å². The summed E-state index contributed by atoms with van der Waals surface area (Å²) < 4.78 is 62.4. The second kappa shape index (κ2) is 19.4. The Morgan fingerprint density at radius 3 is 2.37 bits per heavy atom. The number of rotatable bonds is 16. The van der Waals surface area contributed by atoms with Gasteiger partial charge in [0.15, 0.2) is 37.8 Å². The Morgan fingerprint density at radius 2 is 1.76 bits per heavy atom. The Bertz CT molecular complexity index is 2900. The minimum Gasteiger partial charge on any atom is -0.516 e. The number of allylic oxidation sites excluding steroid dienone is 2. The maximum Gasteiger partial charge on any atom is 0.303 e. The van der Waals surface area contributed by atoms with Crippen molar-refractivity contribution in [3.8, 4) is 17.2 Å². The number of esters is 1. The van der Waals surface area contributed by atoms with Crippen LogP contribution < -0.4 is 20.2 Å². The Kier molecular flexibility index (Phi) is 14.6. The van der Waals surface area contributed by atoms with Crippen molar-refractivity contribution < 1.29 is 66.2 Å². The molecule has 8 atom stereocenters. The number of benzene rings is 3. The average molecular weight is 950 g/mol. The zero-order valence-electron chi connectivity index (χ0n) is 39.6. The summed E-state index contributed by atoms with van der Waals surface area (Å²) in [6.07, 6.45) is 3.99. The summed E-state index contributed by atoms with van der Waals surface area (Å²) in [4.78, 5) is 60.7. The minimum absolute atomic E-state index is 0.0175. The van der Waals surface area contributed by atoms with Gasteiger partial charge in [0.25, 0.3) is 5.91 Å². The SMILES string of the molecule is CO[C@@H](/C=C/O)[C@@H](C)[C@@H](OC(C)=O)[C@@H]1O[C@@H]([C@@H](C)/C=C/C=C(/C)C(=O)Nc2c(O)c3c(=O)c(C)c4c(c3c3nc5c(S(C)(=O)=O)cc(OCCN(C)C)cc5oc23)C(=O)C(C)(C)O4)[C@@H](C)[C@H]1O. The standard InChI is InChI=1S/C48H59N3O15S/c1-22(41-26(5)39(55)45(65-41)43(63-27(6)53)24(3)29(61-11)16-18-52)14-13-15-23(2)47(58)50-37-40(56)33-32(34-42(25(4)38(33)54)66-48(7,8)46(34)57)36-44(37)64-30-20-28(62-19-17-51(9)10)21-31(35(30)49-36)67(12,59)60/h13-16,18,20-22,24,26,29,39,41,43,45,52,55-56H,17,19H2,1-12H3,(H,50,58)/b14-13+,18-16+,23-15-/t22-,24+,26-,29-,39+,41-,43+,45+/m0/s1. The van der Waals surface area contributed by atoms with Crippen molar-refractivity contribution in [1.82, 2.24) is 9.88 Å². The van der Waals surface area contributed by atoms with Crippen molar-refractivity contribution in [3.05, 3.63) is 69.6 Å². The van der Waals surface area contributed by atoms with Gasteiger partial charge < -0.3 is 53.6 Å². The first-order valence-corrected chi connectivity index (χ1v) is 23.6. The number of phenolic OH excluding ortho intramolecular Hbond substituents is 1. The van der Waals surface area contributed by atoms with Crippen molar-refractivity contribution in [2.75, 3.05) is 45.9 Å². The highest BCUT2D eigenvalue weighted by molar-refractivity contribution is 7.91. The molecule has 1 fully saturated rings. The van der Waals surface area contributed by atoms with Crippen LogP contribution in [0.1, 0.15) is 64.4 Å². The van der Waals surface area contributed by atoms with Crippen LogP contribution in [0, 0.1) is 24.7 Å². The van der Waals surface area contributed by atoms with E-state index in [-0.39, 0.29) is 84.3 Å². The molecule has 67 heavy (non-hydrogen) atoms. The quantitative estimate of drug-likeness (QED) is 0.0200. The number of phenols is 1. The number of aliphatic hydroxyl groups excluding tert-OH is 2. The average Bonchev–Trinajstić information content (AvgIpc) is 3.68. The smallest absolute Gasteiger partial charge is 0.303 e. The van der Waals surface area contributed by atoms with Gasteiger partial charge in [-0.05, 0) is 47.9 Å². The lowest BCUT2D eigenvalue weighted by Crippen LogP contribution is -2.46. The van der Waals surface area contributed by atoms with Gasteiger partial charge in [0.05, 0.1) is 40.4 Å². The van der Waals surface area contributed by atoms with Crippen molar-refractivity contribution in [3.63, 3.8) is 0 Å². The number of amides is 1. The monoisotopic (exact) mass is 949 g/mol. The molecule has 4 N–H and O–H groups in total. The topological polar surface area (TPSA) is 251 Å². The van der Waals surface area contributed by atoms with Gasteiger partial charge in [0, 0.05) is 73.2 Å². The lowest BCUT2D eigenvalue weighted by Gasteiger charge is -2.33. The highest BCUT2D eigenvalue weighted by atomic mass is 32.2. The van der Waals surface area contributed by atoms with E-state index in [1.54, 1.807) is 19.1 Å². The number of carbonyl (C=O) groups excluding carboxylic acids is 3. The van der Waals surface area contributed by atoms with Crippen LogP contribution in [0.3, 0.4) is 0 Å². The van der Waals surface area contributed by atoms with E-state index in [9.17, 15) is 42.9 Å².